The van der Waals surface area contributed by atoms with Crippen molar-refractivity contribution in [1.82, 2.24) is 10.3 Å². The lowest BCUT2D eigenvalue weighted by Gasteiger charge is -2.07. The summed E-state index contributed by atoms with van der Waals surface area (Å²) < 4.78 is 5.51. The maximum absolute atomic E-state index is 11.8. The van der Waals surface area contributed by atoms with E-state index in [0.29, 0.717) is 23.9 Å². The number of carboxylic acids is 1. The second-order valence-corrected chi connectivity index (χ2v) is 6.10. The predicted molar refractivity (Wildman–Crippen MR) is 87.2 cm³/mol. The summed E-state index contributed by atoms with van der Waals surface area (Å²) in [6.45, 7) is 4.37. The van der Waals surface area contributed by atoms with Gasteiger partial charge in [-0.3, -0.25) is 4.79 Å². The van der Waals surface area contributed by atoms with E-state index >= 15 is 0 Å². The largest absolute Gasteiger partial charge is 0.492 e. The molecule has 0 bridgehead atoms. The molecule has 0 aliphatic rings. The molecular formula is C16H18N2O4S. The summed E-state index contributed by atoms with van der Waals surface area (Å²) in [6.07, 6.45) is 0.0727. The van der Waals surface area contributed by atoms with Gasteiger partial charge in [0.2, 0.25) is 5.91 Å². The number of aromatic carboxylic acids is 1. The summed E-state index contributed by atoms with van der Waals surface area (Å²) in [5, 5.41) is 12.2. The van der Waals surface area contributed by atoms with Crippen LogP contribution >= 0.6 is 11.3 Å². The van der Waals surface area contributed by atoms with Gasteiger partial charge in [0.1, 0.15) is 22.2 Å². The van der Waals surface area contributed by atoms with Crippen LogP contribution in [-0.4, -0.2) is 35.1 Å². The van der Waals surface area contributed by atoms with Gasteiger partial charge >= 0.3 is 5.97 Å². The fourth-order valence-corrected chi connectivity index (χ4v) is 2.82. The van der Waals surface area contributed by atoms with Gasteiger partial charge < -0.3 is 15.2 Å². The molecule has 6 nitrogen and oxygen atoms in total. The van der Waals surface area contributed by atoms with E-state index in [1.165, 1.54) is 0 Å². The zero-order chi connectivity index (χ0) is 16.8. The Hall–Kier alpha value is -2.41. The highest BCUT2D eigenvalue weighted by atomic mass is 32.1. The van der Waals surface area contributed by atoms with Crippen molar-refractivity contribution in [2.24, 2.45) is 0 Å². The van der Waals surface area contributed by atoms with Crippen LogP contribution in [0.2, 0.25) is 0 Å². The number of carbonyl (C=O) groups excluding carboxylic acids is 1. The van der Waals surface area contributed by atoms with E-state index < -0.39 is 5.97 Å². The molecule has 0 saturated heterocycles. The third-order valence-corrected chi connectivity index (χ3v) is 4.21. The third-order valence-electron chi connectivity index (χ3n) is 3.06. The minimum Gasteiger partial charge on any atom is -0.492 e. The molecular weight excluding hydrogens is 316 g/mol. The topological polar surface area (TPSA) is 88.5 Å². The van der Waals surface area contributed by atoms with Gasteiger partial charge in [-0.25, -0.2) is 9.78 Å². The number of hydrogen-bond donors (Lipinski definition) is 2. The first-order chi connectivity index (χ1) is 11.0. The molecule has 7 heteroatoms. The van der Waals surface area contributed by atoms with Gasteiger partial charge in [0.25, 0.3) is 0 Å². The molecule has 122 valence electrons. The fourth-order valence-electron chi connectivity index (χ4n) is 1.92. The highest BCUT2D eigenvalue weighted by molar-refractivity contribution is 7.13. The number of ether oxygens (including phenoxy) is 1. The molecule has 2 N–H and O–H groups in total. The van der Waals surface area contributed by atoms with E-state index in [1.807, 2.05) is 31.2 Å². The second-order valence-electron chi connectivity index (χ2n) is 5.02. The number of carbonyl (C=O) groups is 2. The number of nitrogens with zero attached hydrogens (tertiary/aromatic N) is 1. The smallest absolute Gasteiger partial charge is 0.347 e. The normalized spacial score (nSPS) is 10.3. The van der Waals surface area contributed by atoms with Crippen molar-refractivity contribution in [3.8, 4) is 5.75 Å². The quantitative estimate of drug-likeness (QED) is 0.758. The van der Waals surface area contributed by atoms with Gasteiger partial charge in [0.15, 0.2) is 0 Å². The van der Waals surface area contributed by atoms with Crippen LogP contribution in [0.15, 0.2) is 24.3 Å². The Morgan fingerprint density at radius 3 is 2.57 bits per heavy atom. The van der Waals surface area contributed by atoms with Crippen LogP contribution in [0.1, 0.15) is 25.9 Å². The van der Waals surface area contributed by atoms with Crippen LogP contribution in [0.3, 0.4) is 0 Å². The summed E-state index contributed by atoms with van der Waals surface area (Å²) in [5.74, 6) is -0.465. The molecule has 23 heavy (non-hydrogen) atoms. The Kier molecular flexibility index (Phi) is 5.70. The van der Waals surface area contributed by atoms with Crippen LogP contribution < -0.4 is 10.1 Å². The van der Waals surface area contributed by atoms with E-state index in [0.717, 1.165) is 22.6 Å². The van der Waals surface area contributed by atoms with E-state index in [4.69, 9.17) is 9.84 Å². The zero-order valence-corrected chi connectivity index (χ0v) is 13.8. The van der Waals surface area contributed by atoms with Crippen molar-refractivity contribution in [3.05, 3.63) is 45.4 Å². The molecule has 0 aliphatic heterocycles. The summed E-state index contributed by atoms with van der Waals surface area (Å²) >= 11 is 1.03. The number of aromatic nitrogens is 1. The number of aryl methyl sites for hydroxylation is 2. The van der Waals surface area contributed by atoms with Gasteiger partial charge in [0, 0.05) is 0 Å². The van der Waals surface area contributed by atoms with Crippen LogP contribution in [0.5, 0.6) is 5.75 Å². The van der Waals surface area contributed by atoms with Crippen molar-refractivity contribution >= 4 is 23.2 Å². The summed E-state index contributed by atoms with van der Waals surface area (Å²) in [7, 11) is 0. The number of rotatable bonds is 7. The Morgan fingerprint density at radius 1 is 1.26 bits per heavy atom. The maximum Gasteiger partial charge on any atom is 0.347 e. The highest BCUT2D eigenvalue weighted by Crippen LogP contribution is 2.18. The van der Waals surface area contributed by atoms with Crippen LogP contribution in [0.25, 0.3) is 0 Å². The fraction of sp³-hybridized carbons (Fsp3) is 0.312. The van der Waals surface area contributed by atoms with Crippen molar-refractivity contribution in [1.29, 1.82) is 0 Å². The minimum absolute atomic E-state index is 0.0727. The molecule has 0 spiro atoms. The van der Waals surface area contributed by atoms with Gasteiger partial charge in [0.05, 0.1) is 18.7 Å². The molecule has 0 radical (unpaired) electrons. The Morgan fingerprint density at radius 2 is 1.96 bits per heavy atom. The van der Waals surface area contributed by atoms with Crippen molar-refractivity contribution < 1.29 is 19.4 Å². The first-order valence-corrected chi connectivity index (χ1v) is 7.93. The lowest BCUT2D eigenvalue weighted by Crippen LogP contribution is -2.29. The SMILES string of the molecule is Cc1ccc(OCCNC(=O)Cc2nc(C)c(C(=O)O)s2)cc1. The van der Waals surface area contributed by atoms with Gasteiger partial charge in [-0.2, -0.15) is 0 Å². The number of benzene rings is 1. The zero-order valence-electron chi connectivity index (χ0n) is 13.0. The summed E-state index contributed by atoms with van der Waals surface area (Å²) in [4.78, 5) is 27.0. The summed E-state index contributed by atoms with van der Waals surface area (Å²) in [5.41, 5.74) is 1.60. The highest BCUT2D eigenvalue weighted by Gasteiger charge is 2.15. The minimum atomic E-state index is -1.02. The van der Waals surface area contributed by atoms with Gasteiger partial charge in [-0.1, -0.05) is 17.7 Å². The molecule has 0 unspecified atom stereocenters. The monoisotopic (exact) mass is 334 g/mol. The maximum atomic E-state index is 11.8. The third kappa shape index (κ3) is 5.07. The van der Waals surface area contributed by atoms with Crippen LogP contribution in [0, 0.1) is 13.8 Å². The lowest BCUT2D eigenvalue weighted by molar-refractivity contribution is -0.120. The van der Waals surface area contributed by atoms with Crippen LogP contribution in [0.4, 0.5) is 0 Å². The summed E-state index contributed by atoms with van der Waals surface area (Å²) in [6, 6.07) is 7.67. The molecule has 0 atom stereocenters. The second kappa shape index (κ2) is 7.73. The first kappa shape index (κ1) is 17.0. The van der Waals surface area contributed by atoms with Crippen molar-refractivity contribution in [2.45, 2.75) is 20.3 Å². The van der Waals surface area contributed by atoms with E-state index in [9.17, 15) is 9.59 Å². The molecule has 0 fully saturated rings. The average Bonchev–Trinajstić information content (AvgIpc) is 2.86. The van der Waals surface area contributed by atoms with Gasteiger partial charge in [-0.15, -0.1) is 11.3 Å². The number of nitrogens with one attached hydrogen (secondary N) is 1. The Labute approximate surface area is 138 Å². The lowest BCUT2D eigenvalue weighted by atomic mass is 10.2. The van der Waals surface area contributed by atoms with E-state index in [2.05, 4.69) is 10.3 Å². The molecule has 1 aromatic heterocycles. The number of carboxylic acid groups (broad SMARTS) is 1. The van der Waals surface area contributed by atoms with Gasteiger partial charge in [-0.05, 0) is 26.0 Å². The number of amides is 1. The van der Waals surface area contributed by atoms with Crippen molar-refractivity contribution in [2.75, 3.05) is 13.2 Å². The predicted octanol–water partition coefficient (Wildman–Crippen LogP) is 2.20. The standard InChI is InChI=1S/C16H18N2O4S/c1-10-3-5-12(6-4-10)22-8-7-17-13(19)9-14-18-11(2)15(23-14)16(20)21/h3-6H,7-9H2,1-2H3,(H,17,19)(H,20,21). The molecule has 0 saturated carbocycles. The Balaban J connectivity index is 1.74. The molecule has 1 aromatic carbocycles. The average molecular weight is 334 g/mol. The van der Waals surface area contributed by atoms with E-state index in [-0.39, 0.29) is 17.2 Å². The van der Waals surface area contributed by atoms with E-state index in [1.54, 1.807) is 6.92 Å². The number of hydrogen-bond acceptors (Lipinski definition) is 5. The molecule has 2 rings (SSSR count). The molecule has 0 aliphatic carbocycles. The number of thiazole rings is 1. The first-order valence-electron chi connectivity index (χ1n) is 7.11. The Bertz CT molecular complexity index is 695. The molecule has 1 amide bonds. The molecule has 1 heterocycles. The van der Waals surface area contributed by atoms with Crippen molar-refractivity contribution in [3.63, 3.8) is 0 Å². The molecule has 2 aromatic rings. The van der Waals surface area contributed by atoms with Crippen LogP contribution in [-0.2, 0) is 11.2 Å².